The van der Waals surface area contributed by atoms with E-state index in [0.717, 1.165) is 33.7 Å². The Kier molecular flexibility index (Phi) is 4.01. The van der Waals surface area contributed by atoms with Crippen molar-refractivity contribution in [2.45, 2.75) is 13.8 Å². The number of fused-ring (bicyclic) bond motifs is 1. The van der Waals surface area contributed by atoms with E-state index in [1.807, 2.05) is 55.5 Å². The van der Waals surface area contributed by atoms with E-state index < -0.39 is 0 Å². The number of aromatic amines is 1. The van der Waals surface area contributed by atoms with Gasteiger partial charge in [-0.2, -0.15) is 0 Å². The van der Waals surface area contributed by atoms with Crippen LogP contribution in [0.2, 0.25) is 0 Å². The second kappa shape index (κ2) is 6.48. The van der Waals surface area contributed by atoms with Crippen LogP contribution >= 0.6 is 0 Å². The van der Waals surface area contributed by atoms with Gasteiger partial charge in [-0.1, -0.05) is 36.4 Å². The second-order valence-corrected chi connectivity index (χ2v) is 6.46. The van der Waals surface area contributed by atoms with E-state index in [0.29, 0.717) is 5.56 Å². The van der Waals surface area contributed by atoms with Crippen LogP contribution in [0.4, 0.5) is 5.69 Å². The number of aromatic nitrogens is 2. The highest BCUT2D eigenvalue weighted by molar-refractivity contribution is 6.04. The highest BCUT2D eigenvalue weighted by Gasteiger charge is 2.11. The minimum Gasteiger partial charge on any atom is -0.338 e. The third kappa shape index (κ3) is 3.09. The van der Waals surface area contributed by atoms with Crippen molar-refractivity contribution in [2.75, 3.05) is 5.32 Å². The maximum absolute atomic E-state index is 12.5. The van der Waals surface area contributed by atoms with Crippen LogP contribution in [0.25, 0.3) is 22.4 Å². The molecule has 2 N–H and O–H groups in total. The van der Waals surface area contributed by atoms with Gasteiger partial charge in [0.2, 0.25) is 0 Å². The summed E-state index contributed by atoms with van der Waals surface area (Å²) in [4.78, 5) is 20.5. The van der Waals surface area contributed by atoms with Gasteiger partial charge in [0, 0.05) is 16.8 Å². The fraction of sp³-hybridized carbons (Fsp3) is 0.0909. The monoisotopic (exact) mass is 341 g/mol. The van der Waals surface area contributed by atoms with Crippen LogP contribution in [-0.4, -0.2) is 15.9 Å². The lowest BCUT2D eigenvalue weighted by molar-refractivity contribution is 0.102. The topological polar surface area (TPSA) is 57.8 Å². The van der Waals surface area contributed by atoms with E-state index in [2.05, 4.69) is 28.3 Å². The number of benzene rings is 3. The van der Waals surface area contributed by atoms with Crippen LogP contribution in [0.5, 0.6) is 0 Å². The van der Waals surface area contributed by atoms with Crippen molar-refractivity contribution in [3.8, 4) is 11.4 Å². The molecule has 26 heavy (non-hydrogen) atoms. The van der Waals surface area contributed by atoms with Crippen LogP contribution in [0.3, 0.4) is 0 Å². The first-order valence-electron chi connectivity index (χ1n) is 8.54. The number of hydrogen-bond acceptors (Lipinski definition) is 2. The Morgan fingerprint density at radius 1 is 0.962 bits per heavy atom. The van der Waals surface area contributed by atoms with Crippen molar-refractivity contribution in [3.63, 3.8) is 0 Å². The Morgan fingerprint density at radius 2 is 1.77 bits per heavy atom. The molecule has 0 unspecified atom stereocenters. The summed E-state index contributed by atoms with van der Waals surface area (Å²) in [6.45, 7) is 4.04. The van der Waals surface area contributed by atoms with E-state index in [1.54, 1.807) is 12.1 Å². The number of H-pyrrole nitrogens is 1. The lowest BCUT2D eigenvalue weighted by atomic mass is 10.1. The SMILES string of the molecule is Cc1ccc2nc(-c3ccc(C)c(NC(=O)c4ccccc4)c3)[nH]c2c1. The molecule has 1 amide bonds. The molecule has 0 aliphatic carbocycles. The van der Waals surface area contributed by atoms with Crippen molar-refractivity contribution in [1.29, 1.82) is 0 Å². The zero-order valence-electron chi connectivity index (χ0n) is 14.7. The van der Waals surface area contributed by atoms with Gasteiger partial charge in [0.15, 0.2) is 0 Å². The van der Waals surface area contributed by atoms with Crippen LogP contribution < -0.4 is 5.32 Å². The van der Waals surface area contributed by atoms with Gasteiger partial charge < -0.3 is 10.3 Å². The van der Waals surface area contributed by atoms with E-state index in [1.165, 1.54) is 5.56 Å². The molecule has 1 aromatic heterocycles. The summed E-state index contributed by atoms with van der Waals surface area (Å²) in [5.74, 6) is 0.673. The second-order valence-electron chi connectivity index (χ2n) is 6.46. The number of rotatable bonds is 3. The van der Waals surface area contributed by atoms with Crippen molar-refractivity contribution in [1.82, 2.24) is 9.97 Å². The first kappa shape index (κ1) is 16.1. The average molecular weight is 341 g/mol. The van der Waals surface area contributed by atoms with Gasteiger partial charge in [-0.05, 0) is 55.3 Å². The lowest BCUT2D eigenvalue weighted by Gasteiger charge is -2.10. The summed E-state index contributed by atoms with van der Waals surface area (Å²) >= 11 is 0. The Bertz CT molecular complexity index is 1100. The number of carbonyl (C=O) groups excluding carboxylic acids is 1. The molecule has 0 spiro atoms. The summed E-state index contributed by atoms with van der Waals surface area (Å²) in [7, 11) is 0. The van der Waals surface area contributed by atoms with E-state index in [9.17, 15) is 4.79 Å². The molecule has 128 valence electrons. The van der Waals surface area contributed by atoms with Gasteiger partial charge in [0.05, 0.1) is 11.0 Å². The molecule has 0 radical (unpaired) electrons. The molecule has 0 atom stereocenters. The number of nitrogens with zero attached hydrogens (tertiary/aromatic N) is 1. The van der Waals surface area contributed by atoms with E-state index in [-0.39, 0.29) is 5.91 Å². The third-order valence-corrected chi connectivity index (χ3v) is 4.43. The summed E-state index contributed by atoms with van der Waals surface area (Å²) in [5.41, 5.74) is 6.49. The normalized spacial score (nSPS) is 10.8. The molecule has 0 bridgehead atoms. The van der Waals surface area contributed by atoms with Gasteiger partial charge in [-0.15, -0.1) is 0 Å². The molecule has 4 aromatic rings. The Morgan fingerprint density at radius 3 is 2.58 bits per heavy atom. The molecule has 3 aromatic carbocycles. The van der Waals surface area contributed by atoms with Crippen LogP contribution in [0.1, 0.15) is 21.5 Å². The van der Waals surface area contributed by atoms with Crippen LogP contribution in [0, 0.1) is 13.8 Å². The van der Waals surface area contributed by atoms with Gasteiger partial charge in [0.25, 0.3) is 5.91 Å². The average Bonchev–Trinajstić information content (AvgIpc) is 3.07. The molecule has 1 heterocycles. The Labute approximate surface area is 151 Å². The van der Waals surface area contributed by atoms with Gasteiger partial charge in [0.1, 0.15) is 5.82 Å². The molecule has 4 rings (SSSR count). The minimum atomic E-state index is -0.119. The Balaban J connectivity index is 1.68. The predicted octanol–water partition coefficient (Wildman–Crippen LogP) is 5.10. The molecule has 4 heteroatoms. The van der Waals surface area contributed by atoms with Gasteiger partial charge >= 0.3 is 0 Å². The maximum Gasteiger partial charge on any atom is 0.255 e. The van der Waals surface area contributed by atoms with Crippen LogP contribution in [0.15, 0.2) is 66.7 Å². The first-order chi connectivity index (χ1) is 12.6. The summed E-state index contributed by atoms with van der Waals surface area (Å²) < 4.78 is 0. The van der Waals surface area contributed by atoms with Crippen molar-refractivity contribution in [3.05, 3.63) is 83.4 Å². The zero-order valence-corrected chi connectivity index (χ0v) is 14.7. The molecular weight excluding hydrogens is 322 g/mol. The number of imidazole rings is 1. The van der Waals surface area contributed by atoms with Crippen molar-refractivity contribution >= 4 is 22.6 Å². The van der Waals surface area contributed by atoms with E-state index in [4.69, 9.17) is 0 Å². The van der Waals surface area contributed by atoms with Crippen LogP contribution in [-0.2, 0) is 0 Å². The largest absolute Gasteiger partial charge is 0.338 e. The molecule has 0 saturated carbocycles. The first-order valence-corrected chi connectivity index (χ1v) is 8.54. The standard InChI is InChI=1S/C22H19N3O/c1-14-8-11-18-20(12-14)24-21(23-18)17-10-9-15(2)19(13-17)25-22(26)16-6-4-3-5-7-16/h3-13H,1-2H3,(H,23,24)(H,25,26). The fourth-order valence-electron chi connectivity index (χ4n) is 2.95. The molecular formula is C22H19N3O. The highest BCUT2D eigenvalue weighted by Crippen LogP contribution is 2.26. The molecule has 4 nitrogen and oxygen atoms in total. The van der Waals surface area contributed by atoms with E-state index >= 15 is 0 Å². The maximum atomic E-state index is 12.5. The molecule has 0 aliphatic heterocycles. The lowest BCUT2D eigenvalue weighted by Crippen LogP contribution is -2.12. The quantitative estimate of drug-likeness (QED) is 0.545. The third-order valence-electron chi connectivity index (χ3n) is 4.43. The molecule has 0 fully saturated rings. The van der Waals surface area contributed by atoms with Crippen molar-refractivity contribution < 1.29 is 4.79 Å². The Hall–Kier alpha value is -3.40. The number of aryl methyl sites for hydroxylation is 2. The number of amides is 1. The smallest absolute Gasteiger partial charge is 0.255 e. The molecule has 0 aliphatic rings. The van der Waals surface area contributed by atoms with Crippen molar-refractivity contribution in [2.24, 2.45) is 0 Å². The summed E-state index contributed by atoms with van der Waals surface area (Å²) in [6, 6.07) is 21.3. The highest BCUT2D eigenvalue weighted by atomic mass is 16.1. The summed E-state index contributed by atoms with van der Waals surface area (Å²) in [6.07, 6.45) is 0. The number of anilines is 1. The number of hydrogen-bond donors (Lipinski definition) is 2. The van der Waals surface area contributed by atoms with Gasteiger partial charge in [-0.25, -0.2) is 4.98 Å². The number of nitrogens with one attached hydrogen (secondary N) is 2. The fourth-order valence-corrected chi connectivity index (χ4v) is 2.95. The predicted molar refractivity (Wildman–Crippen MR) is 105 cm³/mol. The number of carbonyl (C=O) groups is 1. The van der Waals surface area contributed by atoms with Gasteiger partial charge in [-0.3, -0.25) is 4.79 Å². The zero-order chi connectivity index (χ0) is 18.1. The molecule has 0 saturated heterocycles. The minimum absolute atomic E-state index is 0.119. The summed E-state index contributed by atoms with van der Waals surface area (Å²) in [5, 5.41) is 3.00.